The first kappa shape index (κ1) is 18.9. The highest BCUT2D eigenvalue weighted by Crippen LogP contribution is 2.39. The molecule has 0 saturated carbocycles. The van der Waals surface area contributed by atoms with E-state index < -0.39 is 0 Å². The minimum atomic E-state index is 1.15. The minimum absolute atomic E-state index is 1.15. The fourth-order valence-corrected chi connectivity index (χ4v) is 4.21. The third kappa shape index (κ3) is 3.71. The van der Waals surface area contributed by atoms with Gasteiger partial charge in [-0.2, -0.15) is 0 Å². The van der Waals surface area contributed by atoms with Crippen LogP contribution in [0.4, 0.5) is 17.1 Å². The maximum Gasteiger partial charge on any atom is 0.0540 e. The van der Waals surface area contributed by atoms with Crippen LogP contribution in [-0.4, -0.2) is 0 Å². The highest BCUT2D eigenvalue weighted by Gasteiger charge is 2.14. The smallest absolute Gasteiger partial charge is 0.0540 e. The van der Waals surface area contributed by atoms with E-state index in [4.69, 9.17) is 0 Å². The van der Waals surface area contributed by atoms with Gasteiger partial charge < -0.3 is 4.90 Å². The summed E-state index contributed by atoms with van der Waals surface area (Å²) >= 11 is 2.34. The molecule has 0 aliphatic carbocycles. The molecule has 0 bridgehead atoms. The van der Waals surface area contributed by atoms with E-state index in [-0.39, 0.29) is 0 Å². The van der Waals surface area contributed by atoms with Crippen LogP contribution >= 0.6 is 22.6 Å². The molecule has 0 fully saturated rings. The molecule has 1 nitrogen and oxygen atoms in total. The molecule has 0 aromatic heterocycles. The van der Waals surface area contributed by atoms with Gasteiger partial charge in [-0.1, -0.05) is 78.9 Å². The van der Waals surface area contributed by atoms with Gasteiger partial charge in [0.05, 0.1) is 5.69 Å². The van der Waals surface area contributed by atoms with E-state index in [9.17, 15) is 0 Å². The molecule has 0 heterocycles. The van der Waals surface area contributed by atoms with Crippen molar-refractivity contribution in [2.24, 2.45) is 0 Å². The molecule has 0 aliphatic heterocycles. The molecule has 0 radical (unpaired) electrons. The van der Waals surface area contributed by atoms with Crippen molar-refractivity contribution in [3.63, 3.8) is 0 Å². The lowest BCUT2D eigenvalue weighted by atomic mass is 10.0. The SMILES string of the molecule is Ic1ccc(-c2ccc(N(c3ccccc3)c3cccc4ccccc34)cc2)cc1. The Hall–Kier alpha value is -3.11. The zero-order valence-electron chi connectivity index (χ0n) is 16.4. The van der Waals surface area contributed by atoms with E-state index in [0.717, 1.165) is 11.4 Å². The van der Waals surface area contributed by atoms with Gasteiger partial charge >= 0.3 is 0 Å². The van der Waals surface area contributed by atoms with Crippen LogP contribution < -0.4 is 4.90 Å². The average Bonchev–Trinajstić information content (AvgIpc) is 2.81. The number of hydrogen-bond donors (Lipinski definition) is 0. The molecule has 0 amide bonds. The van der Waals surface area contributed by atoms with Crippen LogP contribution in [0.2, 0.25) is 0 Å². The van der Waals surface area contributed by atoms with Gasteiger partial charge in [0, 0.05) is 20.3 Å². The van der Waals surface area contributed by atoms with Crippen LogP contribution in [0.1, 0.15) is 0 Å². The van der Waals surface area contributed by atoms with Crippen molar-refractivity contribution in [2.45, 2.75) is 0 Å². The van der Waals surface area contributed by atoms with Gasteiger partial charge in [0.2, 0.25) is 0 Å². The van der Waals surface area contributed by atoms with Gasteiger partial charge in [-0.05, 0) is 81.6 Å². The van der Waals surface area contributed by atoms with E-state index in [0.29, 0.717) is 0 Å². The van der Waals surface area contributed by atoms with Gasteiger partial charge in [-0.25, -0.2) is 0 Å². The summed E-state index contributed by atoms with van der Waals surface area (Å²) in [6, 6.07) is 43.1. The van der Waals surface area contributed by atoms with Crippen LogP contribution in [-0.2, 0) is 0 Å². The molecule has 0 atom stereocenters. The zero-order chi connectivity index (χ0) is 20.3. The predicted octanol–water partition coefficient (Wildman–Crippen LogP) is 8.58. The summed E-state index contributed by atoms with van der Waals surface area (Å²) in [6.07, 6.45) is 0. The Morgan fingerprint density at radius 2 is 1.03 bits per heavy atom. The molecule has 144 valence electrons. The maximum absolute atomic E-state index is 2.34. The van der Waals surface area contributed by atoms with Crippen LogP contribution in [0.3, 0.4) is 0 Å². The van der Waals surface area contributed by atoms with E-state index >= 15 is 0 Å². The minimum Gasteiger partial charge on any atom is -0.310 e. The molecule has 5 aromatic carbocycles. The lowest BCUT2D eigenvalue weighted by Crippen LogP contribution is -2.10. The largest absolute Gasteiger partial charge is 0.310 e. The summed E-state index contributed by atoms with van der Waals surface area (Å²) in [4.78, 5) is 2.33. The zero-order valence-corrected chi connectivity index (χ0v) is 18.5. The Kier molecular flexibility index (Phi) is 5.24. The molecule has 2 heteroatoms. The van der Waals surface area contributed by atoms with Crippen molar-refractivity contribution in [1.82, 2.24) is 0 Å². The normalized spacial score (nSPS) is 10.8. The molecule has 5 aromatic rings. The number of halogens is 1. The van der Waals surface area contributed by atoms with Crippen molar-refractivity contribution < 1.29 is 0 Å². The Morgan fingerprint density at radius 3 is 1.77 bits per heavy atom. The van der Waals surface area contributed by atoms with Gasteiger partial charge in [0.15, 0.2) is 0 Å². The number of anilines is 3. The van der Waals surface area contributed by atoms with Crippen molar-refractivity contribution in [3.8, 4) is 11.1 Å². The second-order valence-corrected chi connectivity index (χ2v) is 8.47. The monoisotopic (exact) mass is 497 g/mol. The third-order valence-corrected chi connectivity index (χ3v) is 6.04. The van der Waals surface area contributed by atoms with Crippen LogP contribution in [0, 0.1) is 3.57 Å². The Balaban J connectivity index is 1.63. The molecule has 5 rings (SSSR count). The molecular weight excluding hydrogens is 477 g/mol. The molecule has 0 saturated heterocycles. The van der Waals surface area contributed by atoms with Crippen LogP contribution in [0.5, 0.6) is 0 Å². The molecule has 0 aliphatic rings. The van der Waals surface area contributed by atoms with Gasteiger partial charge in [0.1, 0.15) is 0 Å². The quantitative estimate of drug-likeness (QED) is 0.225. The predicted molar refractivity (Wildman–Crippen MR) is 137 cm³/mol. The van der Waals surface area contributed by atoms with Crippen LogP contribution in [0.15, 0.2) is 121 Å². The standard InChI is InChI=1S/C28H20IN/c29-24-17-13-21(14-18-24)22-15-19-26(20-16-22)30(25-9-2-1-3-10-25)28-12-6-8-23-7-4-5-11-27(23)28/h1-20H. The molecular formula is C28H20IN. The number of benzene rings is 5. The fourth-order valence-electron chi connectivity index (χ4n) is 3.85. The van der Waals surface area contributed by atoms with E-state index in [1.54, 1.807) is 0 Å². The van der Waals surface area contributed by atoms with Gasteiger partial charge in [-0.15, -0.1) is 0 Å². The Bertz CT molecular complexity index is 1270. The lowest BCUT2D eigenvalue weighted by molar-refractivity contribution is 1.30. The number of hydrogen-bond acceptors (Lipinski definition) is 1. The second-order valence-electron chi connectivity index (χ2n) is 7.22. The number of rotatable bonds is 4. The van der Waals surface area contributed by atoms with E-state index in [1.165, 1.54) is 31.2 Å². The molecule has 0 spiro atoms. The number of para-hydroxylation sites is 1. The second kappa shape index (κ2) is 8.33. The summed E-state index contributed by atoms with van der Waals surface area (Å²) in [5.41, 5.74) is 5.93. The summed E-state index contributed by atoms with van der Waals surface area (Å²) in [5, 5.41) is 2.48. The van der Waals surface area contributed by atoms with E-state index in [2.05, 4.69) is 149 Å². The highest BCUT2D eigenvalue weighted by molar-refractivity contribution is 14.1. The Labute approximate surface area is 190 Å². The first-order valence-corrected chi connectivity index (χ1v) is 11.1. The number of fused-ring (bicyclic) bond motifs is 1. The average molecular weight is 497 g/mol. The van der Waals surface area contributed by atoms with Crippen molar-refractivity contribution in [1.29, 1.82) is 0 Å². The lowest BCUT2D eigenvalue weighted by Gasteiger charge is -2.27. The molecule has 0 N–H and O–H groups in total. The number of nitrogens with zero attached hydrogens (tertiary/aromatic N) is 1. The third-order valence-electron chi connectivity index (χ3n) is 5.32. The fraction of sp³-hybridized carbons (Fsp3) is 0. The van der Waals surface area contributed by atoms with E-state index in [1.807, 2.05) is 0 Å². The first-order chi connectivity index (χ1) is 14.8. The highest BCUT2D eigenvalue weighted by atomic mass is 127. The molecule has 0 unspecified atom stereocenters. The first-order valence-electron chi connectivity index (χ1n) is 9.98. The summed E-state index contributed by atoms with van der Waals surface area (Å²) in [7, 11) is 0. The van der Waals surface area contributed by atoms with Gasteiger partial charge in [-0.3, -0.25) is 0 Å². The summed E-state index contributed by atoms with van der Waals surface area (Å²) < 4.78 is 1.25. The molecule has 30 heavy (non-hydrogen) atoms. The van der Waals surface area contributed by atoms with Crippen molar-refractivity contribution in [2.75, 3.05) is 4.90 Å². The van der Waals surface area contributed by atoms with Gasteiger partial charge in [0.25, 0.3) is 0 Å². The van der Waals surface area contributed by atoms with Crippen LogP contribution in [0.25, 0.3) is 21.9 Å². The summed E-state index contributed by atoms with van der Waals surface area (Å²) in [6.45, 7) is 0. The summed E-state index contributed by atoms with van der Waals surface area (Å²) in [5.74, 6) is 0. The van der Waals surface area contributed by atoms with Crippen molar-refractivity contribution >= 4 is 50.4 Å². The maximum atomic E-state index is 2.34. The topological polar surface area (TPSA) is 3.24 Å². The van der Waals surface area contributed by atoms with Crippen molar-refractivity contribution in [3.05, 3.63) is 125 Å². The Morgan fingerprint density at radius 1 is 0.467 bits per heavy atom.